The van der Waals surface area contributed by atoms with Crippen LogP contribution in [-0.4, -0.2) is 29.8 Å². The second-order valence-electron chi connectivity index (χ2n) is 7.73. The monoisotopic (exact) mass is 301 g/mol. The van der Waals surface area contributed by atoms with Gasteiger partial charge in [-0.3, -0.25) is 4.79 Å². The Hall–Kier alpha value is -1.33. The molecule has 0 atom stereocenters. The zero-order chi connectivity index (χ0) is 16.2. The van der Waals surface area contributed by atoms with Crippen LogP contribution >= 0.6 is 0 Å². The van der Waals surface area contributed by atoms with Gasteiger partial charge in [0.2, 0.25) is 0 Å². The first-order valence-electron chi connectivity index (χ1n) is 7.90. The molecule has 118 valence electrons. The van der Waals surface area contributed by atoms with Gasteiger partial charge < -0.3 is 14.6 Å². The van der Waals surface area contributed by atoms with E-state index in [0.29, 0.717) is 5.56 Å². The maximum atomic E-state index is 12.2. The average molecular weight is 301 g/mol. The highest BCUT2D eigenvalue weighted by Crippen LogP contribution is 2.36. The summed E-state index contributed by atoms with van der Waals surface area (Å²) < 4.78 is 12.0. The van der Waals surface area contributed by atoms with E-state index in [1.165, 1.54) is 0 Å². The minimum absolute atomic E-state index is 0.00147. The summed E-state index contributed by atoms with van der Waals surface area (Å²) in [6, 6.07) is 7.49. The van der Waals surface area contributed by atoms with Crippen molar-refractivity contribution in [2.75, 3.05) is 0 Å². The lowest BCUT2D eigenvalue weighted by Crippen LogP contribution is -2.41. The van der Waals surface area contributed by atoms with E-state index >= 15 is 0 Å². The van der Waals surface area contributed by atoms with Crippen LogP contribution in [-0.2, 0) is 9.31 Å². The fourth-order valence-electron chi connectivity index (χ4n) is 2.43. The maximum Gasteiger partial charge on any atom is 0.494 e. The zero-order valence-electron chi connectivity index (χ0n) is 14.0. The lowest BCUT2D eigenvalue weighted by Gasteiger charge is -2.32. The Bertz CT molecular complexity index is 574. The van der Waals surface area contributed by atoms with Crippen LogP contribution in [0.25, 0.3) is 0 Å². The molecule has 1 aliphatic heterocycles. The van der Waals surface area contributed by atoms with Gasteiger partial charge >= 0.3 is 7.12 Å². The Morgan fingerprint density at radius 2 is 1.50 bits per heavy atom. The van der Waals surface area contributed by atoms with Gasteiger partial charge in [-0.15, -0.1) is 0 Å². The molecule has 22 heavy (non-hydrogen) atoms. The molecule has 1 aliphatic carbocycles. The highest BCUT2D eigenvalue weighted by molar-refractivity contribution is 6.62. The Morgan fingerprint density at radius 1 is 1.00 bits per heavy atom. The Kier molecular flexibility index (Phi) is 3.42. The van der Waals surface area contributed by atoms with Crippen molar-refractivity contribution in [3.63, 3.8) is 0 Å². The number of nitrogens with one attached hydrogen (secondary N) is 1. The van der Waals surface area contributed by atoms with E-state index in [4.69, 9.17) is 9.31 Å². The van der Waals surface area contributed by atoms with Crippen molar-refractivity contribution in [3.05, 3.63) is 29.8 Å². The SMILES string of the molecule is CC1(NC(=O)c2ccc(B3OC(C)(C)C(C)(C)O3)cc2)CC1. The topological polar surface area (TPSA) is 47.6 Å². The van der Waals surface area contributed by atoms with Gasteiger partial charge in [-0.05, 0) is 65.1 Å². The second kappa shape index (κ2) is 4.83. The van der Waals surface area contributed by atoms with Gasteiger partial charge in [0.25, 0.3) is 5.91 Å². The van der Waals surface area contributed by atoms with E-state index in [1.54, 1.807) is 0 Å². The van der Waals surface area contributed by atoms with Crippen LogP contribution in [0.2, 0.25) is 0 Å². The highest BCUT2D eigenvalue weighted by atomic mass is 16.7. The molecular formula is C17H24BNO3. The normalized spacial score (nSPS) is 24.1. The number of rotatable bonds is 3. The van der Waals surface area contributed by atoms with E-state index in [2.05, 4.69) is 12.2 Å². The highest BCUT2D eigenvalue weighted by Gasteiger charge is 2.51. The minimum Gasteiger partial charge on any atom is -0.399 e. The van der Waals surface area contributed by atoms with Gasteiger partial charge in [0.1, 0.15) is 0 Å². The fourth-order valence-corrected chi connectivity index (χ4v) is 2.43. The minimum atomic E-state index is -0.386. The first-order valence-corrected chi connectivity index (χ1v) is 7.90. The molecule has 3 rings (SSSR count). The predicted molar refractivity (Wildman–Crippen MR) is 87.3 cm³/mol. The summed E-state index contributed by atoms with van der Waals surface area (Å²) in [7, 11) is -0.386. The molecule has 1 heterocycles. The van der Waals surface area contributed by atoms with E-state index in [0.717, 1.165) is 18.3 Å². The summed E-state index contributed by atoms with van der Waals surface area (Å²) in [5.41, 5.74) is 0.908. The van der Waals surface area contributed by atoms with Crippen molar-refractivity contribution in [3.8, 4) is 0 Å². The molecule has 2 fully saturated rings. The molecule has 1 N–H and O–H groups in total. The number of hydrogen-bond donors (Lipinski definition) is 1. The fraction of sp³-hybridized carbons (Fsp3) is 0.588. The van der Waals surface area contributed by atoms with Crippen LogP contribution in [0.3, 0.4) is 0 Å². The Labute approximate surface area is 132 Å². The maximum absolute atomic E-state index is 12.2. The predicted octanol–water partition coefficient (Wildman–Crippen LogP) is 2.27. The van der Waals surface area contributed by atoms with Crippen LogP contribution in [0.4, 0.5) is 0 Å². The van der Waals surface area contributed by atoms with Crippen LogP contribution in [0.1, 0.15) is 57.8 Å². The average Bonchev–Trinajstić information content (AvgIpc) is 3.09. The zero-order valence-corrected chi connectivity index (χ0v) is 14.0. The van der Waals surface area contributed by atoms with Crippen molar-refractivity contribution in [1.82, 2.24) is 5.32 Å². The van der Waals surface area contributed by atoms with E-state index in [1.807, 2.05) is 52.0 Å². The lowest BCUT2D eigenvalue weighted by molar-refractivity contribution is 0.00578. The largest absolute Gasteiger partial charge is 0.494 e. The molecule has 1 saturated carbocycles. The van der Waals surface area contributed by atoms with Gasteiger partial charge in [-0.2, -0.15) is 0 Å². The molecule has 1 saturated heterocycles. The summed E-state index contributed by atoms with van der Waals surface area (Å²) in [6.07, 6.45) is 2.12. The molecule has 5 heteroatoms. The smallest absolute Gasteiger partial charge is 0.399 e. The third-order valence-electron chi connectivity index (χ3n) is 5.11. The number of carbonyl (C=O) groups excluding carboxylic acids is 1. The molecule has 2 aliphatic rings. The third kappa shape index (κ3) is 2.80. The molecule has 0 bridgehead atoms. The summed E-state index contributed by atoms with van der Waals surface area (Å²) >= 11 is 0. The molecule has 0 aromatic heterocycles. The van der Waals surface area contributed by atoms with Crippen molar-refractivity contribution in [2.45, 2.75) is 64.2 Å². The lowest BCUT2D eigenvalue weighted by atomic mass is 9.79. The summed E-state index contributed by atoms with van der Waals surface area (Å²) in [6.45, 7) is 10.2. The molecule has 0 spiro atoms. The van der Waals surface area contributed by atoms with Crippen molar-refractivity contribution in [1.29, 1.82) is 0 Å². The molecule has 4 nitrogen and oxygen atoms in total. The van der Waals surface area contributed by atoms with E-state index < -0.39 is 0 Å². The van der Waals surface area contributed by atoms with Crippen LogP contribution in [0.5, 0.6) is 0 Å². The number of hydrogen-bond acceptors (Lipinski definition) is 3. The van der Waals surface area contributed by atoms with E-state index in [9.17, 15) is 4.79 Å². The summed E-state index contributed by atoms with van der Waals surface area (Å²) in [5, 5.41) is 3.06. The molecular weight excluding hydrogens is 277 g/mol. The van der Waals surface area contributed by atoms with Crippen LogP contribution < -0.4 is 10.8 Å². The molecule has 1 amide bonds. The second-order valence-corrected chi connectivity index (χ2v) is 7.73. The Morgan fingerprint density at radius 3 is 1.95 bits per heavy atom. The Balaban J connectivity index is 1.71. The van der Waals surface area contributed by atoms with Crippen LogP contribution in [0.15, 0.2) is 24.3 Å². The molecule has 1 aromatic carbocycles. The molecule has 0 radical (unpaired) electrons. The standard InChI is InChI=1S/C17H24BNO3/c1-15(2)16(3,4)22-18(21-15)13-8-6-12(7-9-13)14(20)19-17(5)10-11-17/h6-9H,10-11H2,1-5H3,(H,19,20). The van der Waals surface area contributed by atoms with Gasteiger partial charge in [0, 0.05) is 11.1 Å². The van der Waals surface area contributed by atoms with Gasteiger partial charge in [0.15, 0.2) is 0 Å². The van der Waals surface area contributed by atoms with Crippen molar-refractivity contribution < 1.29 is 14.1 Å². The van der Waals surface area contributed by atoms with Gasteiger partial charge in [0.05, 0.1) is 11.2 Å². The first-order chi connectivity index (χ1) is 10.1. The summed E-state index contributed by atoms with van der Waals surface area (Å²) in [5.74, 6) is -0.0135. The van der Waals surface area contributed by atoms with Crippen molar-refractivity contribution in [2.24, 2.45) is 0 Å². The first kappa shape index (κ1) is 15.6. The molecule has 0 unspecified atom stereocenters. The third-order valence-corrected chi connectivity index (χ3v) is 5.11. The van der Waals surface area contributed by atoms with Gasteiger partial charge in [-0.1, -0.05) is 12.1 Å². The number of carbonyl (C=O) groups is 1. The van der Waals surface area contributed by atoms with Gasteiger partial charge in [-0.25, -0.2) is 0 Å². The number of benzene rings is 1. The molecule has 1 aromatic rings. The van der Waals surface area contributed by atoms with Crippen LogP contribution in [0, 0.1) is 0 Å². The number of amides is 1. The van der Waals surface area contributed by atoms with E-state index in [-0.39, 0.29) is 29.8 Å². The van der Waals surface area contributed by atoms with Crippen molar-refractivity contribution >= 4 is 18.5 Å². The quantitative estimate of drug-likeness (QED) is 0.871. The summed E-state index contributed by atoms with van der Waals surface area (Å²) in [4.78, 5) is 12.2.